The molecule has 1 aliphatic carbocycles. The number of rotatable bonds is 6. The molecular weight excluding hydrogens is 427 g/mol. The van der Waals surface area contributed by atoms with Crippen LogP contribution >= 0.6 is 11.3 Å². The highest BCUT2D eigenvalue weighted by molar-refractivity contribution is 7.16. The van der Waals surface area contributed by atoms with E-state index in [4.69, 9.17) is 0 Å². The van der Waals surface area contributed by atoms with Gasteiger partial charge in [-0.3, -0.25) is 9.59 Å². The molecule has 3 aromatic rings. The van der Waals surface area contributed by atoms with Crippen molar-refractivity contribution in [2.24, 2.45) is 0 Å². The lowest BCUT2D eigenvalue weighted by Crippen LogP contribution is -2.25. The van der Waals surface area contributed by atoms with Crippen molar-refractivity contribution in [3.8, 4) is 10.6 Å². The van der Waals surface area contributed by atoms with Gasteiger partial charge in [-0.15, -0.1) is 11.3 Å². The van der Waals surface area contributed by atoms with Gasteiger partial charge in [0.2, 0.25) is 0 Å². The van der Waals surface area contributed by atoms with E-state index >= 15 is 0 Å². The van der Waals surface area contributed by atoms with Crippen LogP contribution in [0.2, 0.25) is 0 Å². The quantitative estimate of drug-likeness (QED) is 0.580. The Labute approximate surface area is 180 Å². The molecule has 4 rings (SSSR count). The van der Waals surface area contributed by atoms with E-state index in [2.05, 4.69) is 15.6 Å². The number of halogens is 3. The van der Waals surface area contributed by atoms with Crippen LogP contribution in [0.4, 0.5) is 13.2 Å². The zero-order valence-electron chi connectivity index (χ0n) is 16.2. The molecule has 0 radical (unpaired) electrons. The van der Waals surface area contributed by atoms with E-state index in [0.717, 1.165) is 30.5 Å². The Morgan fingerprint density at radius 1 is 1.06 bits per heavy atom. The van der Waals surface area contributed by atoms with Crippen molar-refractivity contribution in [1.29, 1.82) is 0 Å². The summed E-state index contributed by atoms with van der Waals surface area (Å²) in [4.78, 5) is 29.0. The maximum absolute atomic E-state index is 12.8. The molecule has 2 aromatic carbocycles. The van der Waals surface area contributed by atoms with Crippen LogP contribution in [0.1, 0.15) is 44.0 Å². The number of alkyl halides is 3. The third-order valence-electron chi connectivity index (χ3n) is 4.74. The van der Waals surface area contributed by atoms with E-state index in [1.165, 1.54) is 29.7 Å². The first-order valence-corrected chi connectivity index (χ1v) is 10.4. The normalized spacial score (nSPS) is 13.6. The SMILES string of the molecule is O=C(NC1CC1)c1ccc(-c2ncc(C(=O)NCc3cccc(C(F)(F)F)c3)s2)cc1. The summed E-state index contributed by atoms with van der Waals surface area (Å²) in [7, 11) is 0. The number of hydrogen-bond donors (Lipinski definition) is 2. The van der Waals surface area contributed by atoms with Gasteiger partial charge < -0.3 is 10.6 Å². The topological polar surface area (TPSA) is 71.1 Å². The van der Waals surface area contributed by atoms with Crippen molar-refractivity contribution in [3.63, 3.8) is 0 Å². The number of thiazole rings is 1. The van der Waals surface area contributed by atoms with Gasteiger partial charge in [-0.2, -0.15) is 13.2 Å². The Bertz CT molecular complexity index is 1110. The molecule has 5 nitrogen and oxygen atoms in total. The van der Waals surface area contributed by atoms with Gasteiger partial charge in [-0.05, 0) is 42.7 Å². The molecule has 9 heteroatoms. The van der Waals surface area contributed by atoms with E-state index in [0.29, 0.717) is 21.0 Å². The second-order valence-electron chi connectivity index (χ2n) is 7.24. The molecular formula is C22H18F3N3O2S. The number of carbonyl (C=O) groups excluding carboxylic acids is 2. The van der Waals surface area contributed by atoms with Gasteiger partial charge >= 0.3 is 6.18 Å². The molecule has 1 saturated carbocycles. The number of aromatic nitrogens is 1. The number of carbonyl (C=O) groups is 2. The van der Waals surface area contributed by atoms with Crippen LogP contribution < -0.4 is 10.6 Å². The lowest BCUT2D eigenvalue weighted by Gasteiger charge is -2.09. The smallest absolute Gasteiger partial charge is 0.349 e. The second-order valence-corrected chi connectivity index (χ2v) is 8.27. The lowest BCUT2D eigenvalue weighted by atomic mass is 10.1. The molecule has 0 atom stereocenters. The third kappa shape index (κ3) is 5.29. The summed E-state index contributed by atoms with van der Waals surface area (Å²) in [6.07, 6.45) is -0.973. The molecule has 1 aromatic heterocycles. The predicted octanol–water partition coefficient (Wildman–Crippen LogP) is 4.65. The fourth-order valence-electron chi connectivity index (χ4n) is 2.90. The largest absolute Gasteiger partial charge is 0.416 e. The highest BCUT2D eigenvalue weighted by atomic mass is 32.1. The minimum atomic E-state index is -4.43. The van der Waals surface area contributed by atoms with E-state index in [-0.39, 0.29) is 18.5 Å². The summed E-state index contributed by atoms with van der Waals surface area (Å²) in [6.45, 7) is -0.0270. The Morgan fingerprint density at radius 3 is 2.48 bits per heavy atom. The first-order chi connectivity index (χ1) is 14.8. The minimum absolute atomic E-state index is 0.0270. The number of nitrogens with one attached hydrogen (secondary N) is 2. The average Bonchev–Trinajstić information content (AvgIpc) is 3.43. The molecule has 0 aliphatic heterocycles. The number of amides is 2. The van der Waals surface area contributed by atoms with Gasteiger partial charge in [0.25, 0.3) is 11.8 Å². The second kappa shape index (κ2) is 8.50. The molecule has 0 unspecified atom stereocenters. The van der Waals surface area contributed by atoms with Gasteiger partial charge in [0.05, 0.1) is 11.8 Å². The number of hydrogen-bond acceptors (Lipinski definition) is 4. The molecule has 160 valence electrons. The Kier molecular flexibility index (Phi) is 5.77. The Morgan fingerprint density at radius 2 is 1.81 bits per heavy atom. The first kappa shape index (κ1) is 21.0. The van der Waals surface area contributed by atoms with Crippen LogP contribution in [0.5, 0.6) is 0 Å². The molecule has 31 heavy (non-hydrogen) atoms. The summed E-state index contributed by atoms with van der Waals surface area (Å²) in [5.74, 6) is -0.524. The van der Waals surface area contributed by atoms with Gasteiger partial charge in [0.15, 0.2) is 0 Å². The van der Waals surface area contributed by atoms with Crippen LogP contribution in [0.25, 0.3) is 10.6 Å². The fourth-order valence-corrected chi connectivity index (χ4v) is 3.74. The van der Waals surface area contributed by atoms with Crippen molar-refractivity contribution >= 4 is 23.2 Å². The maximum atomic E-state index is 12.8. The highest BCUT2D eigenvalue weighted by Crippen LogP contribution is 2.30. The Balaban J connectivity index is 1.38. The van der Waals surface area contributed by atoms with E-state index in [1.54, 1.807) is 24.3 Å². The molecule has 1 fully saturated rings. The third-order valence-corrected chi connectivity index (χ3v) is 5.79. The van der Waals surface area contributed by atoms with Crippen LogP contribution in [0.15, 0.2) is 54.7 Å². The van der Waals surface area contributed by atoms with Crippen molar-refractivity contribution in [2.45, 2.75) is 31.6 Å². The Hall–Kier alpha value is -3.20. The van der Waals surface area contributed by atoms with Crippen molar-refractivity contribution < 1.29 is 22.8 Å². The summed E-state index contributed by atoms with van der Waals surface area (Å²) < 4.78 is 38.4. The van der Waals surface area contributed by atoms with E-state index in [1.807, 2.05) is 0 Å². The summed E-state index contributed by atoms with van der Waals surface area (Å²) in [5.41, 5.74) is 0.928. The predicted molar refractivity (Wildman–Crippen MR) is 111 cm³/mol. The highest BCUT2D eigenvalue weighted by Gasteiger charge is 2.30. The van der Waals surface area contributed by atoms with Gasteiger partial charge in [-0.25, -0.2) is 4.98 Å². The fraction of sp³-hybridized carbons (Fsp3) is 0.227. The van der Waals surface area contributed by atoms with Crippen molar-refractivity contribution in [3.05, 3.63) is 76.3 Å². The number of benzene rings is 2. The summed E-state index contributed by atoms with van der Waals surface area (Å²) >= 11 is 1.17. The molecule has 0 saturated heterocycles. The van der Waals surface area contributed by atoms with Crippen molar-refractivity contribution in [1.82, 2.24) is 15.6 Å². The first-order valence-electron chi connectivity index (χ1n) is 9.61. The molecule has 2 amide bonds. The van der Waals surface area contributed by atoms with Crippen molar-refractivity contribution in [2.75, 3.05) is 0 Å². The standard InChI is InChI=1S/C22H18F3N3O2S/c23-22(24,25)16-3-1-2-13(10-16)11-26-20(30)18-12-27-21(31-18)15-6-4-14(5-7-15)19(29)28-17-8-9-17/h1-7,10,12,17H,8-9,11H2,(H,26,30)(H,28,29). The molecule has 0 spiro atoms. The summed E-state index contributed by atoms with van der Waals surface area (Å²) in [5, 5.41) is 6.15. The molecule has 0 bridgehead atoms. The van der Waals surface area contributed by atoms with Gasteiger partial charge in [0.1, 0.15) is 9.88 Å². The summed E-state index contributed by atoms with van der Waals surface area (Å²) in [6, 6.07) is 12.1. The van der Waals surface area contributed by atoms with Gasteiger partial charge in [0, 0.05) is 23.7 Å². The maximum Gasteiger partial charge on any atom is 0.416 e. The van der Waals surface area contributed by atoms with Crippen LogP contribution in [-0.2, 0) is 12.7 Å². The lowest BCUT2D eigenvalue weighted by molar-refractivity contribution is -0.137. The zero-order valence-corrected chi connectivity index (χ0v) is 17.0. The zero-order chi connectivity index (χ0) is 22.0. The molecule has 1 heterocycles. The van der Waals surface area contributed by atoms with Crippen LogP contribution in [0, 0.1) is 0 Å². The van der Waals surface area contributed by atoms with E-state index in [9.17, 15) is 22.8 Å². The molecule has 1 aliphatic rings. The number of nitrogens with zero attached hydrogens (tertiary/aromatic N) is 1. The average molecular weight is 445 g/mol. The molecule has 2 N–H and O–H groups in total. The van der Waals surface area contributed by atoms with Gasteiger partial charge in [-0.1, -0.05) is 24.3 Å². The monoisotopic (exact) mass is 445 g/mol. The van der Waals surface area contributed by atoms with Crippen LogP contribution in [-0.4, -0.2) is 22.8 Å². The van der Waals surface area contributed by atoms with E-state index < -0.39 is 17.6 Å². The minimum Gasteiger partial charge on any atom is -0.349 e. The van der Waals surface area contributed by atoms with Crippen LogP contribution in [0.3, 0.4) is 0 Å².